The minimum absolute atomic E-state index is 0.00391. The van der Waals surface area contributed by atoms with Gasteiger partial charge in [-0.3, -0.25) is 4.79 Å². The van der Waals surface area contributed by atoms with Crippen LogP contribution in [0.25, 0.3) is 0 Å². The molecular formula is C13H14BrN3O3S. The summed E-state index contributed by atoms with van der Waals surface area (Å²) in [6.45, 7) is 4.41. The van der Waals surface area contributed by atoms with Crippen molar-refractivity contribution in [2.75, 3.05) is 0 Å². The van der Waals surface area contributed by atoms with Crippen LogP contribution in [-0.2, 0) is 6.54 Å². The number of carboxylic acids is 1. The van der Waals surface area contributed by atoms with E-state index in [2.05, 4.69) is 26.2 Å². The molecule has 0 saturated carbocycles. The minimum atomic E-state index is -1.07. The third-order valence-corrected chi connectivity index (χ3v) is 4.36. The molecule has 0 aromatic carbocycles. The Bertz CT molecular complexity index is 680. The van der Waals surface area contributed by atoms with Crippen molar-refractivity contribution in [3.05, 3.63) is 38.5 Å². The average Bonchev–Trinajstić information content (AvgIpc) is 3.04. The summed E-state index contributed by atoms with van der Waals surface area (Å²) in [7, 11) is 0. The maximum Gasteiger partial charge on any atom is 0.355 e. The van der Waals surface area contributed by atoms with Gasteiger partial charge in [-0.05, 0) is 35.8 Å². The predicted molar refractivity (Wildman–Crippen MR) is 82.8 cm³/mol. The molecule has 0 bridgehead atoms. The van der Waals surface area contributed by atoms with E-state index in [1.54, 1.807) is 13.0 Å². The monoisotopic (exact) mass is 371 g/mol. The van der Waals surface area contributed by atoms with Gasteiger partial charge in [0.1, 0.15) is 10.7 Å². The fourth-order valence-electron chi connectivity index (χ4n) is 1.84. The minimum Gasteiger partial charge on any atom is -0.476 e. The van der Waals surface area contributed by atoms with Gasteiger partial charge in [0.15, 0.2) is 5.69 Å². The molecule has 0 saturated heterocycles. The lowest BCUT2D eigenvalue weighted by Gasteiger charge is -2.12. The van der Waals surface area contributed by atoms with Gasteiger partial charge < -0.3 is 15.0 Å². The largest absolute Gasteiger partial charge is 0.476 e. The van der Waals surface area contributed by atoms with Crippen molar-refractivity contribution in [2.24, 2.45) is 0 Å². The van der Waals surface area contributed by atoms with E-state index >= 15 is 0 Å². The second kappa shape index (κ2) is 6.40. The molecule has 0 aliphatic rings. The number of nitrogens with one attached hydrogen (secondary N) is 1. The number of aromatic carboxylic acids is 1. The molecule has 21 heavy (non-hydrogen) atoms. The summed E-state index contributed by atoms with van der Waals surface area (Å²) >= 11 is 4.56. The molecule has 0 spiro atoms. The Kier molecular flexibility index (Phi) is 4.79. The van der Waals surface area contributed by atoms with Crippen LogP contribution in [0.3, 0.4) is 0 Å². The summed E-state index contributed by atoms with van der Waals surface area (Å²) < 4.78 is 2.67. The third kappa shape index (κ3) is 3.51. The molecule has 1 atom stereocenters. The quantitative estimate of drug-likeness (QED) is 0.845. The molecule has 0 aliphatic carbocycles. The molecule has 8 heteroatoms. The van der Waals surface area contributed by atoms with Crippen molar-refractivity contribution in [3.8, 4) is 0 Å². The highest BCUT2D eigenvalue weighted by atomic mass is 79.9. The molecule has 112 valence electrons. The van der Waals surface area contributed by atoms with Crippen LogP contribution in [0.2, 0.25) is 0 Å². The van der Waals surface area contributed by atoms with Gasteiger partial charge in [-0.15, -0.1) is 11.3 Å². The second-order valence-electron chi connectivity index (χ2n) is 4.40. The SMILES string of the molecule is CCn1cc(Br)cc1C(=O)NC(C)c1nc(C(=O)O)cs1. The number of carbonyl (C=O) groups excluding carboxylic acids is 1. The average molecular weight is 372 g/mol. The Morgan fingerprint density at radius 1 is 1.57 bits per heavy atom. The van der Waals surface area contributed by atoms with Crippen LogP contribution < -0.4 is 5.32 Å². The van der Waals surface area contributed by atoms with Crippen LogP contribution in [-0.4, -0.2) is 26.5 Å². The molecule has 1 unspecified atom stereocenters. The van der Waals surface area contributed by atoms with Gasteiger partial charge in [0, 0.05) is 22.6 Å². The highest BCUT2D eigenvalue weighted by Crippen LogP contribution is 2.20. The van der Waals surface area contributed by atoms with Gasteiger partial charge >= 0.3 is 5.97 Å². The number of carboxylic acid groups (broad SMARTS) is 1. The lowest BCUT2D eigenvalue weighted by molar-refractivity contribution is 0.0691. The Hall–Kier alpha value is -1.67. The molecule has 0 aliphatic heterocycles. The number of rotatable bonds is 5. The summed E-state index contributed by atoms with van der Waals surface area (Å²) in [5.74, 6) is -1.29. The van der Waals surface area contributed by atoms with E-state index in [0.717, 1.165) is 4.47 Å². The third-order valence-electron chi connectivity index (χ3n) is 2.90. The number of carbonyl (C=O) groups is 2. The van der Waals surface area contributed by atoms with E-state index in [9.17, 15) is 9.59 Å². The lowest BCUT2D eigenvalue weighted by Crippen LogP contribution is -2.28. The maximum atomic E-state index is 12.3. The first-order valence-electron chi connectivity index (χ1n) is 6.27. The fraction of sp³-hybridized carbons (Fsp3) is 0.308. The van der Waals surface area contributed by atoms with Crippen LogP contribution >= 0.6 is 27.3 Å². The van der Waals surface area contributed by atoms with Gasteiger partial charge in [0.25, 0.3) is 5.91 Å². The Labute approximate surface area is 133 Å². The molecule has 1 amide bonds. The highest BCUT2D eigenvalue weighted by molar-refractivity contribution is 9.10. The van der Waals surface area contributed by atoms with Crippen molar-refractivity contribution < 1.29 is 14.7 Å². The normalized spacial score (nSPS) is 12.1. The second-order valence-corrected chi connectivity index (χ2v) is 6.21. The van der Waals surface area contributed by atoms with Gasteiger partial charge in [0.2, 0.25) is 0 Å². The van der Waals surface area contributed by atoms with Crippen molar-refractivity contribution in [1.29, 1.82) is 0 Å². The van der Waals surface area contributed by atoms with Gasteiger partial charge in [0.05, 0.1) is 6.04 Å². The molecule has 0 fully saturated rings. The first-order chi connectivity index (χ1) is 9.92. The van der Waals surface area contributed by atoms with Crippen molar-refractivity contribution >= 4 is 39.1 Å². The smallest absolute Gasteiger partial charge is 0.355 e. The van der Waals surface area contributed by atoms with Crippen molar-refractivity contribution in [3.63, 3.8) is 0 Å². The number of aromatic nitrogens is 2. The van der Waals surface area contributed by atoms with E-state index in [1.807, 2.05) is 17.7 Å². The van der Waals surface area contributed by atoms with Gasteiger partial charge in [-0.2, -0.15) is 0 Å². The Morgan fingerprint density at radius 2 is 2.29 bits per heavy atom. The number of halogens is 1. The van der Waals surface area contributed by atoms with Crippen molar-refractivity contribution in [2.45, 2.75) is 26.4 Å². The zero-order valence-electron chi connectivity index (χ0n) is 11.5. The summed E-state index contributed by atoms with van der Waals surface area (Å²) in [5, 5.41) is 13.7. The van der Waals surface area contributed by atoms with Crippen LogP contribution in [0, 0.1) is 0 Å². The Morgan fingerprint density at radius 3 is 2.86 bits per heavy atom. The van der Waals surface area contributed by atoms with Crippen molar-refractivity contribution in [1.82, 2.24) is 14.9 Å². The highest BCUT2D eigenvalue weighted by Gasteiger charge is 2.18. The molecule has 2 aromatic rings. The van der Waals surface area contributed by atoms with Crippen LogP contribution in [0.1, 0.15) is 45.9 Å². The van der Waals surface area contributed by atoms with Crippen LogP contribution in [0.4, 0.5) is 0 Å². The zero-order valence-corrected chi connectivity index (χ0v) is 13.9. The Balaban J connectivity index is 2.12. The van der Waals surface area contributed by atoms with E-state index in [4.69, 9.17) is 5.11 Å². The molecule has 2 rings (SSSR count). The first kappa shape index (κ1) is 15.7. The summed E-state index contributed by atoms with van der Waals surface area (Å²) in [6, 6.07) is 1.39. The molecule has 0 radical (unpaired) electrons. The number of hydrogen-bond acceptors (Lipinski definition) is 4. The lowest BCUT2D eigenvalue weighted by atomic mass is 10.3. The molecule has 2 aromatic heterocycles. The molecule has 6 nitrogen and oxygen atoms in total. The standard InChI is InChI=1S/C13H14BrN3O3S/c1-3-17-5-8(14)4-10(17)11(18)15-7(2)12-16-9(6-21-12)13(19)20/h4-7H,3H2,1-2H3,(H,15,18)(H,19,20). The predicted octanol–water partition coefficient (Wildman–Crippen LogP) is 2.92. The summed E-state index contributed by atoms with van der Waals surface area (Å²) in [4.78, 5) is 27.1. The maximum absolute atomic E-state index is 12.3. The number of aryl methyl sites for hydroxylation is 1. The number of thiazole rings is 1. The number of amides is 1. The number of hydrogen-bond donors (Lipinski definition) is 2. The van der Waals surface area contributed by atoms with Crippen LogP contribution in [0.15, 0.2) is 22.1 Å². The summed E-state index contributed by atoms with van der Waals surface area (Å²) in [6.07, 6.45) is 1.84. The number of nitrogens with zero attached hydrogens (tertiary/aromatic N) is 2. The van der Waals surface area contributed by atoms with E-state index in [0.29, 0.717) is 17.2 Å². The zero-order chi connectivity index (χ0) is 15.6. The summed E-state index contributed by atoms with van der Waals surface area (Å²) in [5.41, 5.74) is 0.544. The molecular weight excluding hydrogens is 358 g/mol. The first-order valence-corrected chi connectivity index (χ1v) is 7.95. The fourth-order valence-corrected chi connectivity index (χ4v) is 3.11. The van der Waals surface area contributed by atoms with E-state index in [1.165, 1.54) is 16.7 Å². The molecule has 2 N–H and O–H groups in total. The van der Waals surface area contributed by atoms with Crippen LogP contribution in [0.5, 0.6) is 0 Å². The van der Waals surface area contributed by atoms with E-state index < -0.39 is 5.97 Å². The molecule has 2 heterocycles. The van der Waals surface area contributed by atoms with E-state index in [-0.39, 0.29) is 17.6 Å². The topological polar surface area (TPSA) is 84.2 Å². The van der Waals surface area contributed by atoms with Gasteiger partial charge in [-0.1, -0.05) is 0 Å². The van der Waals surface area contributed by atoms with Gasteiger partial charge in [-0.25, -0.2) is 9.78 Å².